The van der Waals surface area contributed by atoms with Gasteiger partial charge in [0.2, 0.25) is 0 Å². The van der Waals surface area contributed by atoms with Crippen LogP contribution in [-0.2, 0) is 0 Å². The molecule has 1 fully saturated rings. The molecule has 146 valence electrons. The van der Waals surface area contributed by atoms with Crippen molar-refractivity contribution in [1.29, 1.82) is 0 Å². The summed E-state index contributed by atoms with van der Waals surface area (Å²) in [4.78, 5) is 3.29. The standard InChI is InChI=1S/C16H16ClF3N2OS.2ClH/c17-13-5-10-24-15(13)14(22-8-6-21-7-9-22)11-1-3-12(4-2-11)23-16(18,19)20;;/h1-5,10,14,21H,6-9H2;2*1H/t14-;;/m1../s1. The number of hydrogen-bond donors (Lipinski definition) is 1. The number of piperazine rings is 1. The Hall–Kier alpha value is -0.700. The van der Waals surface area contributed by atoms with E-state index >= 15 is 0 Å². The minimum atomic E-state index is -4.68. The Morgan fingerprint density at radius 3 is 2.19 bits per heavy atom. The molecule has 1 N–H and O–H groups in total. The van der Waals surface area contributed by atoms with Gasteiger partial charge in [-0.3, -0.25) is 4.90 Å². The van der Waals surface area contributed by atoms with Crippen LogP contribution in [0.5, 0.6) is 5.75 Å². The van der Waals surface area contributed by atoms with E-state index in [1.807, 2.05) is 11.4 Å². The summed E-state index contributed by atoms with van der Waals surface area (Å²) < 4.78 is 40.9. The van der Waals surface area contributed by atoms with Gasteiger partial charge in [-0.15, -0.1) is 49.3 Å². The molecule has 1 aromatic carbocycles. The van der Waals surface area contributed by atoms with Crippen LogP contribution in [0.25, 0.3) is 0 Å². The highest BCUT2D eigenvalue weighted by atomic mass is 35.5. The minimum Gasteiger partial charge on any atom is -0.406 e. The van der Waals surface area contributed by atoms with Gasteiger partial charge in [0.1, 0.15) is 5.75 Å². The summed E-state index contributed by atoms with van der Waals surface area (Å²) >= 11 is 7.87. The van der Waals surface area contributed by atoms with E-state index in [1.165, 1.54) is 12.1 Å². The SMILES string of the molecule is Cl.Cl.FC(F)(F)Oc1ccc([C@H](c2sccc2Cl)N2CCNCC2)cc1. The fraction of sp³-hybridized carbons (Fsp3) is 0.375. The first kappa shape index (κ1) is 23.3. The van der Waals surface area contributed by atoms with Crippen LogP contribution in [0.2, 0.25) is 5.02 Å². The summed E-state index contributed by atoms with van der Waals surface area (Å²) in [5.74, 6) is -0.220. The Balaban J connectivity index is 0.00000169. The maximum absolute atomic E-state index is 12.3. The molecular weight excluding hydrogens is 432 g/mol. The lowest BCUT2D eigenvalue weighted by molar-refractivity contribution is -0.274. The predicted octanol–water partition coefficient (Wildman–Crippen LogP) is 5.14. The summed E-state index contributed by atoms with van der Waals surface area (Å²) in [7, 11) is 0. The average Bonchev–Trinajstić information content (AvgIpc) is 2.95. The fourth-order valence-electron chi connectivity index (χ4n) is 2.82. The van der Waals surface area contributed by atoms with E-state index in [0.29, 0.717) is 5.02 Å². The summed E-state index contributed by atoms with van der Waals surface area (Å²) in [5.41, 5.74) is 0.899. The molecule has 1 aliphatic heterocycles. The van der Waals surface area contributed by atoms with E-state index in [-0.39, 0.29) is 36.6 Å². The maximum Gasteiger partial charge on any atom is 0.573 e. The van der Waals surface area contributed by atoms with Gasteiger partial charge < -0.3 is 10.1 Å². The van der Waals surface area contributed by atoms with Crippen molar-refractivity contribution in [2.24, 2.45) is 0 Å². The molecule has 26 heavy (non-hydrogen) atoms. The number of ether oxygens (including phenoxy) is 1. The van der Waals surface area contributed by atoms with Crippen molar-refractivity contribution in [2.45, 2.75) is 12.4 Å². The minimum absolute atomic E-state index is 0. The number of halogens is 6. The van der Waals surface area contributed by atoms with Gasteiger partial charge in [0.05, 0.1) is 11.1 Å². The van der Waals surface area contributed by atoms with Crippen LogP contribution >= 0.6 is 47.8 Å². The van der Waals surface area contributed by atoms with E-state index in [9.17, 15) is 13.2 Å². The maximum atomic E-state index is 12.3. The number of benzene rings is 1. The van der Waals surface area contributed by atoms with Gasteiger partial charge in [-0.05, 0) is 29.1 Å². The van der Waals surface area contributed by atoms with Crippen LogP contribution in [0.3, 0.4) is 0 Å². The Bertz CT molecular complexity index is 676. The first-order chi connectivity index (χ1) is 11.4. The lowest BCUT2D eigenvalue weighted by atomic mass is 10.0. The van der Waals surface area contributed by atoms with Gasteiger partial charge >= 0.3 is 6.36 Å². The van der Waals surface area contributed by atoms with Crippen molar-refractivity contribution in [3.63, 3.8) is 0 Å². The van der Waals surface area contributed by atoms with Crippen molar-refractivity contribution in [2.75, 3.05) is 26.2 Å². The molecule has 10 heteroatoms. The highest BCUT2D eigenvalue weighted by molar-refractivity contribution is 7.10. The number of rotatable bonds is 4. The smallest absolute Gasteiger partial charge is 0.406 e. The first-order valence-corrected chi connectivity index (χ1v) is 8.73. The number of hydrogen-bond acceptors (Lipinski definition) is 4. The van der Waals surface area contributed by atoms with E-state index in [2.05, 4.69) is 15.0 Å². The zero-order valence-corrected chi connectivity index (χ0v) is 16.7. The predicted molar refractivity (Wildman–Crippen MR) is 103 cm³/mol. The highest BCUT2D eigenvalue weighted by Gasteiger charge is 2.31. The van der Waals surface area contributed by atoms with Crippen molar-refractivity contribution in [3.8, 4) is 5.75 Å². The number of thiophene rings is 1. The molecule has 3 nitrogen and oxygen atoms in total. The lowest BCUT2D eigenvalue weighted by Gasteiger charge is -2.35. The van der Waals surface area contributed by atoms with Crippen LogP contribution < -0.4 is 10.1 Å². The van der Waals surface area contributed by atoms with Crippen molar-refractivity contribution in [1.82, 2.24) is 10.2 Å². The average molecular weight is 450 g/mol. The van der Waals surface area contributed by atoms with Gasteiger partial charge in [-0.25, -0.2) is 0 Å². The Morgan fingerprint density at radius 2 is 1.69 bits per heavy atom. The van der Waals surface area contributed by atoms with Gasteiger partial charge in [0, 0.05) is 31.1 Å². The quantitative estimate of drug-likeness (QED) is 0.699. The Morgan fingerprint density at radius 1 is 1.08 bits per heavy atom. The molecule has 0 radical (unpaired) electrons. The van der Waals surface area contributed by atoms with Crippen molar-refractivity contribution < 1.29 is 17.9 Å². The lowest BCUT2D eigenvalue weighted by Crippen LogP contribution is -2.45. The molecule has 1 aliphatic rings. The molecule has 0 spiro atoms. The molecule has 0 saturated carbocycles. The Kier molecular flexibility index (Phi) is 8.99. The molecule has 3 rings (SSSR count). The second kappa shape index (κ2) is 10.0. The summed E-state index contributed by atoms with van der Waals surface area (Å²) in [6.07, 6.45) is -4.68. The topological polar surface area (TPSA) is 24.5 Å². The third-order valence-corrected chi connectivity index (χ3v) is 5.25. The van der Waals surface area contributed by atoms with Gasteiger partial charge in [-0.2, -0.15) is 0 Å². The number of nitrogens with one attached hydrogen (secondary N) is 1. The molecule has 1 atom stereocenters. The van der Waals surface area contributed by atoms with E-state index in [0.717, 1.165) is 36.6 Å². The number of alkyl halides is 3. The molecule has 0 aliphatic carbocycles. The normalized spacial score (nSPS) is 16.3. The first-order valence-electron chi connectivity index (χ1n) is 7.47. The molecule has 2 heterocycles. The van der Waals surface area contributed by atoms with Gasteiger partial charge in [-0.1, -0.05) is 23.7 Å². The van der Waals surface area contributed by atoms with Crippen LogP contribution in [0.1, 0.15) is 16.5 Å². The molecule has 2 aromatic rings. The molecule has 1 aromatic heterocycles. The third kappa shape index (κ3) is 5.90. The summed E-state index contributed by atoms with van der Waals surface area (Å²) in [6, 6.07) is 7.81. The van der Waals surface area contributed by atoms with E-state index < -0.39 is 6.36 Å². The highest BCUT2D eigenvalue weighted by Crippen LogP contribution is 2.38. The van der Waals surface area contributed by atoms with Crippen molar-refractivity contribution in [3.05, 3.63) is 51.2 Å². The summed E-state index contributed by atoms with van der Waals surface area (Å²) in [5, 5.41) is 5.90. The van der Waals surface area contributed by atoms with Gasteiger partial charge in [0.15, 0.2) is 0 Å². The molecule has 1 saturated heterocycles. The third-order valence-electron chi connectivity index (χ3n) is 3.84. The van der Waals surface area contributed by atoms with Crippen LogP contribution in [-0.4, -0.2) is 37.4 Å². The van der Waals surface area contributed by atoms with Crippen LogP contribution in [0, 0.1) is 0 Å². The molecular formula is C16H18Cl3F3N2OS. The molecule has 0 amide bonds. The monoisotopic (exact) mass is 448 g/mol. The zero-order valence-electron chi connectivity index (χ0n) is 13.5. The van der Waals surface area contributed by atoms with E-state index in [1.54, 1.807) is 23.5 Å². The largest absolute Gasteiger partial charge is 0.573 e. The van der Waals surface area contributed by atoms with Crippen LogP contribution in [0.15, 0.2) is 35.7 Å². The molecule has 0 unspecified atom stereocenters. The zero-order chi connectivity index (χ0) is 17.2. The molecule has 0 bridgehead atoms. The summed E-state index contributed by atoms with van der Waals surface area (Å²) in [6.45, 7) is 3.43. The van der Waals surface area contributed by atoms with Gasteiger partial charge in [0.25, 0.3) is 0 Å². The Labute approximate surface area is 171 Å². The van der Waals surface area contributed by atoms with Crippen molar-refractivity contribution >= 4 is 47.8 Å². The fourth-order valence-corrected chi connectivity index (χ4v) is 4.14. The van der Waals surface area contributed by atoms with E-state index in [4.69, 9.17) is 11.6 Å². The second-order valence-electron chi connectivity index (χ2n) is 5.44. The number of nitrogens with zero attached hydrogens (tertiary/aromatic N) is 1. The second-order valence-corrected chi connectivity index (χ2v) is 6.79. The van der Waals surface area contributed by atoms with Crippen LogP contribution in [0.4, 0.5) is 13.2 Å².